The van der Waals surface area contributed by atoms with Crippen molar-refractivity contribution in [1.29, 1.82) is 0 Å². The van der Waals surface area contributed by atoms with Crippen LogP contribution in [0.2, 0.25) is 12.6 Å². The minimum atomic E-state index is -0.464. The maximum Gasteiger partial charge on any atom is 0.147 e. The van der Waals surface area contributed by atoms with Crippen LogP contribution >= 0.6 is 0 Å². The van der Waals surface area contributed by atoms with E-state index in [1.807, 2.05) is 0 Å². The summed E-state index contributed by atoms with van der Waals surface area (Å²) < 4.78 is 4.83. The summed E-state index contributed by atoms with van der Waals surface area (Å²) in [7, 11) is 1.11. The molecule has 0 saturated carbocycles. The predicted octanol–water partition coefficient (Wildman–Crippen LogP) is -0.392. The molecule has 1 atom stereocenters. The molecule has 0 bridgehead atoms. The highest BCUT2D eigenvalue weighted by atomic mass is 16.6. The molecule has 0 spiro atoms. The van der Waals surface area contributed by atoms with Crippen LogP contribution in [0.1, 0.15) is 0 Å². The summed E-state index contributed by atoms with van der Waals surface area (Å²) in [6, 6.07) is 0. The molecule has 1 aliphatic heterocycles. The van der Waals surface area contributed by atoms with Gasteiger partial charge in [-0.15, -0.1) is 0 Å². The van der Waals surface area contributed by atoms with Gasteiger partial charge in [-0.2, -0.15) is 0 Å². The number of aliphatic hydroxyl groups excluding tert-OH is 1. The lowest BCUT2D eigenvalue weighted by Crippen LogP contribution is -2.21. The molecule has 1 fully saturated rings. The fourth-order valence-corrected chi connectivity index (χ4v) is 0.724. The van der Waals surface area contributed by atoms with E-state index in [9.17, 15) is 0 Å². The second-order valence-electron chi connectivity index (χ2n) is 1.82. The Kier molecular flexibility index (Phi) is 1.71. The van der Waals surface area contributed by atoms with Crippen molar-refractivity contribution in [3.05, 3.63) is 0 Å². The first kappa shape index (κ1) is 5.13. The predicted molar refractivity (Wildman–Crippen MR) is 28.7 cm³/mol. The highest BCUT2D eigenvalue weighted by Crippen LogP contribution is 2.03. The molecule has 0 aliphatic carbocycles. The van der Waals surface area contributed by atoms with E-state index in [-0.39, 0.29) is 0 Å². The van der Waals surface area contributed by atoms with Crippen molar-refractivity contribution >= 4 is 7.28 Å². The first-order valence-corrected chi connectivity index (χ1v) is 2.69. The van der Waals surface area contributed by atoms with E-state index in [2.05, 4.69) is 0 Å². The number of aliphatic hydroxyl groups is 1. The molecule has 0 aromatic rings. The molecule has 0 radical (unpaired) electrons. The van der Waals surface area contributed by atoms with Gasteiger partial charge in [0.2, 0.25) is 0 Å². The number of hydrogen-bond acceptors (Lipinski definition) is 2. The Morgan fingerprint density at radius 1 is 1.71 bits per heavy atom. The third kappa shape index (κ3) is 1.49. The molecule has 40 valence electrons. The van der Waals surface area contributed by atoms with E-state index in [0.717, 1.165) is 26.5 Å². The Hall–Kier alpha value is -0.0151. The van der Waals surface area contributed by atoms with Crippen LogP contribution in [0.5, 0.6) is 0 Å². The van der Waals surface area contributed by atoms with Crippen LogP contribution < -0.4 is 0 Å². The third-order valence-corrected chi connectivity index (χ3v) is 1.16. The smallest absolute Gasteiger partial charge is 0.147 e. The van der Waals surface area contributed by atoms with Crippen LogP contribution in [-0.4, -0.2) is 25.3 Å². The lowest BCUT2D eigenvalue weighted by Gasteiger charge is -2.15. The first-order valence-electron chi connectivity index (χ1n) is 2.69. The van der Waals surface area contributed by atoms with Gasteiger partial charge in [-0.3, -0.25) is 0 Å². The SMILES string of the molecule is OC1CBCCO1. The minimum Gasteiger partial charge on any atom is -0.369 e. The molecule has 3 heteroatoms. The van der Waals surface area contributed by atoms with Gasteiger partial charge in [0.05, 0.1) is 0 Å². The van der Waals surface area contributed by atoms with Crippen molar-refractivity contribution in [3.63, 3.8) is 0 Å². The van der Waals surface area contributed by atoms with Gasteiger partial charge < -0.3 is 9.84 Å². The maximum atomic E-state index is 8.69. The van der Waals surface area contributed by atoms with Gasteiger partial charge in [0.1, 0.15) is 13.6 Å². The van der Waals surface area contributed by atoms with Crippen molar-refractivity contribution in [3.8, 4) is 0 Å². The van der Waals surface area contributed by atoms with Gasteiger partial charge in [0.15, 0.2) is 0 Å². The van der Waals surface area contributed by atoms with E-state index in [0.29, 0.717) is 0 Å². The molecule has 0 aromatic carbocycles. The van der Waals surface area contributed by atoms with Crippen molar-refractivity contribution in [2.45, 2.75) is 18.9 Å². The molecule has 1 heterocycles. The summed E-state index contributed by atoms with van der Waals surface area (Å²) in [5.41, 5.74) is 0. The summed E-state index contributed by atoms with van der Waals surface area (Å²) in [4.78, 5) is 0. The van der Waals surface area contributed by atoms with Crippen LogP contribution in [0.4, 0.5) is 0 Å². The zero-order valence-electron chi connectivity index (χ0n) is 4.26. The highest BCUT2D eigenvalue weighted by molar-refractivity contribution is 6.35. The van der Waals surface area contributed by atoms with E-state index < -0.39 is 6.29 Å². The lowest BCUT2D eigenvalue weighted by molar-refractivity contribution is -0.0859. The van der Waals surface area contributed by atoms with Gasteiger partial charge in [0.25, 0.3) is 0 Å². The molecule has 2 nitrogen and oxygen atoms in total. The van der Waals surface area contributed by atoms with Gasteiger partial charge in [0, 0.05) is 6.61 Å². The fourth-order valence-electron chi connectivity index (χ4n) is 0.724. The van der Waals surface area contributed by atoms with Crippen LogP contribution in [-0.2, 0) is 4.74 Å². The monoisotopic (exact) mass is 100 g/mol. The average Bonchev–Trinajstić information content (AvgIpc) is 1.69. The molecule has 1 aliphatic rings. The molecular weight excluding hydrogens is 90.9 g/mol. The summed E-state index contributed by atoms with van der Waals surface area (Å²) in [6.45, 7) is 0.737. The van der Waals surface area contributed by atoms with E-state index in [1.54, 1.807) is 0 Å². The van der Waals surface area contributed by atoms with Crippen molar-refractivity contribution in [2.24, 2.45) is 0 Å². The molecule has 0 amide bonds. The molecule has 0 aromatic heterocycles. The number of hydrogen-bond donors (Lipinski definition) is 1. The largest absolute Gasteiger partial charge is 0.369 e. The topological polar surface area (TPSA) is 29.5 Å². The minimum absolute atomic E-state index is 0.464. The van der Waals surface area contributed by atoms with Crippen LogP contribution in [0.15, 0.2) is 0 Å². The number of rotatable bonds is 0. The highest BCUT2D eigenvalue weighted by Gasteiger charge is 2.09. The second-order valence-corrected chi connectivity index (χ2v) is 1.82. The fraction of sp³-hybridized carbons (Fsp3) is 1.00. The van der Waals surface area contributed by atoms with Gasteiger partial charge in [-0.25, -0.2) is 0 Å². The normalized spacial score (nSPS) is 31.9. The van der Waals surface area contributed by atoms with Crippen molar-refractivity contribution in [1.82, 2.24) is 0 Å². The van der Waals surface area contributed by atoms with Crippen molar-refractivity contribution < 1.29 is 9.84 Å². The van der Waals surface area contributed by atoms with E-state index in [4.69, 9.17) is 9.84 Å². The third-order valence-electron chi connectivity index (χ3n) is 1.16. The van der Waals surface area contributed by atoms with E-state index >= 15 is 0 Å². The molecule has 1 saturated heterocycles. The summed E-state index contributed by atoms with van der Waals surface area (Å²) >= 11 is 0. The molecule has 1 rings (SSSR count). The Morgan fingerprint density at radius 2 is 2.57 bits per heavy atom. The Labute approximate surface area is 43.7 Å². The number of ether oxygens (including phenoxy) is 1. The van der Waals surface area contributed by atoms with Gasteiger partial charge >= 0.3 is 0 Å². The van der Waals surface area contributed by atoms with E-state index in [1.165, 1.54) is 0 Å². The molecular formula is C4H9BO2. The zero-order chi connectivity index (χ0) is 5.11. The molecule has 7 heavy (non-hydrogen) atoms. The standard InChI is InChI=1S/C4H9BO2/c6-4-3-5-1-2-7-4/h4-6H,1-3H2. The molecule has 1 unspecified atom stereocenters. The zero-order valence-corrected chi connectivity index (χ0v) is 4.26. The van der Waals surface area contributed by atoms with Gasteiger partial charge in [-0.1, -0.05) is 6.32 Å². The first-order chi connectivity index (χ1) is 3.39. The maximum absolute atomic E-state index is 8.69. The lowest BCUT2D eigenvalue weighted by atomic mass is 9.70. The van der Waals surface area contributed by atoms with Crippen molar-refractivity contribution in [2.75, 3.05) is 6.61 Å². The van der Waals surface area contributed by atoms with Gasteiger partial charge in [-0.05, 0) is 6.32 Å². The molecule has 1 N–H and O–H groups in total. The summed E-state index contributed by atoms with van der Waals surface area (Å²) in [6.07, 6.45) is 1.46. The second kappa shape index (κ2) is 2.33. The average molecular weight is 99.9 g/mol. The quantitative estimate of drug-likeness (QED) is 0.420. The van der Waals surface area contributed by atoms with Crippen LogP contribution in [0.3, 0.4) is 0 Å². The summed E-state index contributed by atoms with van der Waals surface area (Å²) in [5, 5.41) is 8.69. The Balaban J connectivity index is 2.12. The Bertz CT molecular complexity index is 51.7. The van der Waals surface area contributed by atoms with Crippen LogP contribution in [0, 0.1) is 0 Å². The Morgan fingerprint density at radius 3 is 2.86 bits per heavy atom. The van der Waals surface area contributed by atoms with Crippen LogP contribution in [0.25, 0.3) is 0 Å². The summed E-state index contributed by atoms with van der Waals surface area (Å²) in [5.74, 6) is 0.